The van der Waals surface area contributed by atoms with Gasteiger partial charge < -0.3 is 5.32 Å². The zero-order valence-electron chi connectivity index (χ0n) is 16.1. The van der Waals surface area contributed by atoms with Crippen LogP contribution in [0.3, 0.4) is 0 Å². The first-order valence-corrected chi connectivity index (χ1v) is 11.6. The van der Waals surface area contributed by atoms with Gasteiger partial charge in [0.1, 0.15) is 4.21 Å². The van der Waals surface area contributed by atoms with Crippen molar-refractivity contribution in [3.05, 3.63) is 53.4 Å². The smallest absolute Gasteiger partial charge is 0.321 e. The van der Waals surface area contributed by atoms with Crippen molar-refractivity contribution in [3.8, 4) is 0 Å². The second-order valence-corrected chi connectivity index (χ2v) is 9.82. The van der Waals surface area contributed by atoms with Gasteiger partial charge in [0.05, 0.1) is 6.04 Å². The van der Waals surface area contributed by atoms with Crippen molar-refractivity contribution in [1.29, 1.82) is 0 Å². The van der Waals surface area contributed by atoms with Gasteiger partial charge in [-0.15, -0.1) is 11.3 Å². The van der Waals surface area contributed by atoms with Crippen LogP contribution in [0.1, 0.15) is 12.5 Å². The van der Waals surface area contributed by atoms with E-state index in [0.717, 1.165) is 5.56 Å². The number of rotatable bonds is 6. The third-order valence-electron chi connectivity index (χ3n) is 4.82. The number of thiophene rings is 1. The van der Waals surface area contributed by atoms with Crippen molar-refractivity contribution >= 4 is 33.3 Å². The fraction of sp³-hybridized carbons (Fsp3) is 0.368. The Balaban J connectivity index is 1.46. The summed E-state index contributed by atoms with van der Waals surface area (Å²) in [6, 6.07) is 11.6. The van der Waals surface area contributed by atoms with Crippen molar-refractivity contribution in [2.45, 2.75) is 23.7 Å². The van der Waals surface area contributed by atoms with Crippen LogP contribution in [0.5, 0.6) is 0 Å². The van der Waals surface area contributed by atoms with Crippen molar-refractivity contribution < 1.29 is 18.0 Å². The summed E-state index contributed by atoms with van der Waals surface area (Å²) in [7, 11) is -3.48. The summed E-state index contributed by atoms with van der Waals surface area (Å²) in [5.74, 6) is -0.412. The molecule has 1 aliphatic heterocycles. The lowest BCUT2D eigenvalue weighted by Gasteiger charge is -2.36. The molecule has 8 nitrogen and oxygen atoms in total. The summed E-state index contributed by atoms with van der Waals surface area (Å²) >= 11 is 1.19. The van der Waals surface area contributed by atoms with Crippen molar-refractivity contribution in [2.75, 3.05) is 26.2 Å². The largest absolute Gasteiger partial charge is 0.334 e. The maximum Gasteiger partial charge on any atom is 0.321 e. The molecular formula is C19H24N4O4S2. The van der Waals surface area contributed by atoms with Crippen LogP contribution in [0.4, 0.5) is 4.79 Å². The first kappa shape index (κ1) is 21.4. The topological polar surface area (TPSA) is 98.8 Å². The van der Waals surface area contributed by atoms with Crippen LogP contribution in [0.2, 0.25) is 0 Å². The van der Waals surface area contributed by atoms with E-state index in [1.165, 1.54) is 15.6 Å². The van der Waals surface area contributed by atoms with E-state index in [1.54, 1.807) is 24.4 Å². The number of benzene rings is 1. The number of sulfonamides is 1. The van der Waals surface area contributed by atoms with Gasteiger partial charge >= 0.3 is 6.03 Å². The van der Waals surface area contributed by atoms with Gasteiger partial charge in [-0.2, -0.15) is 4.31 Å². The summed E-state index contributed by atoms with van der Waals surface area (Å²) in [6.07, 6.45) is 0. The lowest BCUT2D eigenvalue weighted by atomic mass is 10.2. The number of carbonyl (C=O) groups is 2. The van der Waals surface area contributed by atoms with Gasteiger partial charge in [-0.25, -0.2) is 13.2 Å². The second kappa shape index (κ2) is 9.49. The Morgan fingerprint density at radius 1 is 1.07 bits per heavy atom. The number of imide groups is 1. The second-order valence-electron chi connectivity index (χ2n) is 6.71. The van der Waals surface area contributed by atoms with Gasteiger partial charge in [0.25, 0.3) is 10.0 Å². The summed E-state index contributed by atoms with van der Waals surface area (Å²) in [5, 5.41) is 6.74. The van der Waals surface area contributed by atoms with Crippen LogP contribution in [0.15, 0.2) is 52.1 Å². The van der Waals surface area contributed by atoms with Gasteiger partial charge in [0, 0.05) is 32.7 Å². The number of nitrogens with one attached hydrogen (secondary N) is 2. The molecule has 156 valence electrons. The van der Waals surface area contributed by atoms with E-state index in [4.69, 9.17) is 0 Å². The predicted octanol–water partition coefficient (Wildman–Crippen LogP) is 1.47. The number of urea groups is 1. The minimum absolute atomic E-state index is 0.304. The number of hydrogen-bond acceptors (Lipinski definition) is 6. The molecular weight excluding hydrogens is 412 g/mol. The Labute approximate surface area is 174 Å². The van der Waals surface area contributed by atoms with E-state index in [2.05, 4.69) is 10.6 Å². The molecule has 1 aromatic heterocycles. The van der Waals surface area contributed by atoms with E-state index in [9.17, 15) is 18.0 Å². The molecule has 0 spiro atoms. The number of carbonyl (C=O) groups excluding carboxylic acids is 2. The molecule has 1 fully saturated rings. The Morgan fingerprint density at radius 3 is 2.38 bits per heavy atom. The van der Waals surface area contributed by atoms with Crippen molar-refractivity contribution in [3.63, 3.8) is 0 Å². The minimum atomic E-state index is -3.48. The number of piperazine rings is 1. The zero-order chi connectivity index (χ0) is 20.9. The Bertz CT molecular complexity index is 924. The summed E-state index contributed by atoms with van der Waals surface area (Å²) < 4.78 is 26.9. The summed E-state index contributed by atoms with van der Waals surface area (Å²) in [6.45, 7) is 3.49. The van der Waals surface area contributed by atoms with Crippen molar-refractivity contribution in [1.82, 2.24) is 19.8 Å². The molecule has 2 aromatic rings. The predicted molar refractivity (Wildman–Crippen MR) is 111 cm³/mol. The van der Waals surface area contributed by atoms with Crippen LogP contribution in [0, 0.1) is 0 Å². The lowest BCUT2D eigenvalue weighted by molar-refractivity contribution is -0.125. The molecule has 0 aliphatic carbocycles. The van der Waals surface area contributed by atoms with Gasteiger partial charge in [-0.05, 0) is 23.9 Å². The molecule has 2 heterocycles. The molecule has 1 aromatic carbocycles. The summed E-state index contributed by atoms with van der Waals surface area (Å²) in [5.41, 5.74) is 0.936. The fourth-order valence-corrected chi connectivity index (χ4v) is 5.64. The van der Waals surface area contributed by atoms with Crippen LogP contribution in [-0.2, 0) is 21.4 Å². The molecule has 1 atom stereocenters. The van der Waals surface area contributed by atoms with E-state index in [1.807, 2.05) is 35.2 Å². The minimum Gasteiger partial charge on any atom is -0.334 e. The number of hydrogen-bond donors (Lipinski definition) is 2. The molecule has 1 aliphatic rings. The van der Waals surface area contributed by atoms with Crippen LogP contribution in [-0.4, -0.2) is 61.8 Å². The molecule has 1 saturated heterocycles. The quantitative estimate of drug-likeness (QED) is 0.715. The van der Waals surface area contributed by atoms with Crippen LogP contribution < -0.4 is 10.6 Å². The first-order chi connectivity index (χ1) is 13.9. The van der Waals surface area contributed by atoms with Gasteiger partial charge in [-0.3, -0.25) is 15.0 Å². The van der Waals surface area contributed by atoms with Gasteiger partial charge in [0.15, 0.2) is 0 Å². The lowest BCUT2D eigenvalue weighted by Crippen LogP contribution is -2.56. The first-order valence-electron chi connectivity index (χ1n) is 9.28. The molecule has 10 heteroatoms. The Kier molecular flexibility index (Phi) is 7.01. The Morgan fingerprint density at radius 2 is 1.76 bits per heavy atom. The van der Waals surface area contributed by atoms with Gasteiger partial charge in [0.2, 0.25) is 5.91 Å². The van der Waals surface area contributed by atoms with E-state index >= 15 is 0 Å². The van der Waals surface area contributed by atoms with Crippen LogP contribution in [0.25, 0.3) is 0 Å². The molecule has 0 saturated carbocycles. The average Bonchev–Trinajstić information content (AvgIpc) is 3.28. The Hall–Kier alpha value is -2.27. The van der Waals surface area contributed by atoms with E-state index in [-0.39, 0.29) is 0 Å². The monoisotopic (exact) mass is 436 g/mol. The highest BCUT2D eigenvalue weighted by atomic mass is 32.2. The van der Waals surface area contributed by atoms with E-state index < -0.39 is 28.0 Å². The SMILES string of the molecule is CC(C(=O)NC(=O)NCc1ccccc1)N1CCN(S(=O)(=O)c2cccs2)CC1. The highest BCUT2D eigenvalue weighted by molar-refractivity contribution is 7.91. The normalized spacial score (nSPS) is 16.9. The molecule has 3 rings (SSSR count). The molecule has 29 heavy (non-hydrogen) atoms. The maximum absolute atomic E-state index is 12.6. The third-order valence-corrected chi connectivity index (χ3v) is 8.09. The zero-order valence-corrected chi connectivity index (χ0v) is 17.7. The van der Waals surface area contributed by atoms with Gasteiger partial charge in [-0.1, -0.05) is 36.4 Å². The molecule has 1 unspecified atom stereocenters. The molecule has 3 amide bonds. The number of nitrogens with zero attached hydrogens (tertiary/aromatic N) is 2. The van der Waals surface area contributed by atoms with Crippen LogP contribution >= 0.6 is 11.3 Å². The highest BCUT2D eigenvalue weighted by Gasteiger charge is 2.32. The molecule has 0 radical (unpaired) electrons. The maximum atomic E-state index is 12.6. The fourth-order valence-electron chi connectivity index (χ4n) is 3.07. The van der Waals surface area contributed by atoms with E-state index in [0.29, 0.717) is 36.9 Å². The molecule has 0 bridgehead atoms. The summed E-state index contributed by atoms with van der Waals surface area (Å²) in [4.78, 5) is 26.2. The standard InChI is InChI=1S/C19H24N4O4S2/c1-15(18(24)21-19(25)20-14-16-6-3-2-4-7-16)22-9-11-23(12-10-22)29(26,27)17-8-5-13-28-17/h2-8,13,15H,9-12,14H2,1H3,(H2,20,21,24,25). The van der Waals surface area contributed by atoms with Crippen molar-refractivity contribution in [2.24, 2.45) is 0 Å². The molecule has 2 N–H and O–H groups in total. The third kappa shape index (κ3) is 5.41. The average molecular weight is 437 g/mol. The highest BCUT2D eigenvalue weighted by Crippen LogP contribution is 2.22. The number of amides is 3.